The van der Waals surface area contributed by atoms with Gasteiger partial charge in [-0.3, -0.25) is 4.79 Å². The molecule has 2 aromatic rings. The number of nitrogens with zero attached hydrogens (tertiary/aromatic N) is 4. The molecule has 3 atom stereocenters. The third kappa shape index (κ3) is 3.46. The molecule has 0 spiro atoms. The molecule has 0 saturated heterocycles. The monoisotopic (exact) mass is 329 g/mol. The quantitative estimate of drug-likeness (QED) is 0.878. The largest absolute Gasteiger partial charge is 0.391 e. The molecule has 1 unspecified atom stereocenters. The molecule has 1 amide bonds. The van der Waals surface area contributed by atoms with Gasteiger partial charge in [-0.1, -0.05) is 0 Å². The lowest BCUT2D eigenvalue weighted by Crippen LogP contribution is -2.40. The Hall–Kier alpha value is -2.28. The normalized spacial score (nSPS) is 23.4. The van der Waals surface area contributed by atoms with Crippen LogP contribution in [0.3, 0.4) is 0 Å². The highest BCUT2D eigenvalue weighted by Crippen LogP contribution is 2.28. The van der Waals surface area contributed by atoms with E-state index in [0.29, 0.717) is 35.1 Å². The van der Waals surface area contributed by atoms with Gasteiger partial charge in [0.2, 0.25) is 0 Å². The van der Waals surface area contributed by atoms with E-state index in [1.165, 1.54) is 0 Å². The fourth-order valence-electron chi connectivity index (χ4n) is 3.57. The summed E-state index contributed by atoms with van der Waals surface area (Å²) in [5.41, 5.74) is 1.84. The number of aryl methyl sites for hydroxylation is 3. The third-order valence-corrected chi connectivity index (χ3v) is 4.58. The first-order valence-electron chi connectivity index (χ1n) is 8.20. The van der Waals surface area contributed by atoms with E-state index >= 15 is 0 Å². The average molecular weight is 329 g/mol. The highest BCUT2D eigenvalue weighted by Gasteiger charge is 2.34. The summed E-state index contributed by atoms with van der Waals surface area (Å²) in [4.78, 5) is 25.2. The Kier molecular flexibility index (Phi) is 4.62. The van der Waals surface area contributed by atoms with Crippen molar-refractivity contribution in [1.29, 1.82) is 0 Å². The molecule has 7 heteroatoms. The summed E-state index contributed by atoms with van der Waals surface area (Å²) in [5, 5.41) is 13.3. The fourth-order valence-corrected chi connectivity index (χ4v) is 3.57. The summed E-state index contributed by atoms with van der Waals surface area (Å²) in [6.07, 6.45) is 6.31. The standard InChI is InChI=1S/C17H23N5O2/c1-10-16(11(2)20-12(3)19-10)17(24)21-14-6-13(7-15(14)23)8-22-5-4-18-9-22/h4-5,9,13-15,23H,6-8H2,1-3H3,(H,21,24)/t13?,14-,15-/m1/s1. The molecule has 1 saturated carbocycles. The Balaban J connectivity index is 1.66. The smallest absolute Gasteiger partial charge is 0.255 e. The number of aliphatic hydroxyl groups is 1. The molecule has 2 heterocycles. The summed E-state index contributed by atoms with van der Waals surface area (Å²) < 4.78 is 2.00. The van der Waals surface area contributed by atoms with E-state index in [-0.39, 0.29) is 11.9 Å². The number of nitrogens with one attached hydrogen (secondary N) is 1. The van der Waals surface area contributed by atoms with Gasteiger partial charge in [-0.15, -0.1) is 0 Å². The second-order valence-electron chi connectivity index (χ2n) is 6.56. The number of hydrogen-bond acceptors (Lipinski definition) is 5. The van der Waals surface area contributed by atoms with Crippen LogP contribution in [0.5, 0.6) is 0 Å². The molecule has 0 aromatic carbocycles. The van der Waals surface area contributed by atoms with Crippen LogP contribution >= 0.6 is 0 Å². The van der Waals surface area contributed by atoms with Crippen LogP contribution in [0, 0.1) is 26.7 Å². The molecule has 0 aliphatic heterocycles. The van der Waals surface area contributed by atoms with Gasteiger partial charge >= 0.3 is 0 Å². The van der Waals surface area contributed by atoms with Crippen molar-refractivity contribution in [2.75, 3.05) is 0 Å². The molecular weight excluding hydrogens is 306 g/mol. The van der Waals surface area contributed by atoms with Crippen molar-refractivity contribution in [2.24, 2.45) is 5.92 Å². The van der Waals surface area contributed by atoms with Gasteiger partial charge in [0.15, 0.2) is 0 Å². The second kappa shape index (κ2) is 6.68. The first kappa shape index (κ1) is 16.6. The van der Waals surface area contributed by atoms with Gasteiger partial charge in [0.1, 0.15) is 5.82 Å². The lowest BCUT2D eigenvalue weighted by Gasteiger charge is -2.18. The van der Waals surface area contributed by atoms with Crippen molar-refractivity contribution in [3.05, 3.63) is 41.5 Å². The van der Waals surface area contributed by atoms with E-state index in [1.807, 2.05) is 31.5 Å². The molecule has 2 N–H and O–H groups in total. The number of imidazole rings is 1. The predicted octanol–water partition coefficient (Wildman–Crippen LogP) is 1.17. The van der Waals surface area contributed by atoms with Crippen LogP contribution in [0.2, 0.25) is 0 Å². The Morgan fingerprint density at radius 2 is 2.00 bits per heavy atom. The number of rotatable bonds is 4. The zero-order valence-corrected chi connectivity index (χ0v) is 14.2. The van der Waals surface area contributed by atoms with E-state index in [0.717, 1.165) is 13.0 Å². The average Bonchev–Trinajstić information content (AvgIpc) is 3.09. The minimum Gasteiger partial charge on any atom is -0.391 e. The van der Waals surface area contributed by atoms with Gasteiger partial charge in [0.25, 0.3) is 5.91 Å². The van der Waals surface area contributed by atoms with Gasteiger partial charge in [-0.25, -0.2) is 15.0 Å². The molecule has 0 radical (unpaired) electrons. The molecule has 24 heavy (non-hydrogen) atoms. The van der Waals surface area contributed by atoms with Crippen LogP contribution < -0.4 is 5.32 Å². The van der Waals surface area contributed by atoms with Gasteiger partial charge in [0, 0.05) is 18.9 Å². The van der Waals surface area contributed by atoms with Gasteiger partial charge in [-0.2, -0.15) is 0 Å². The molecule has 1 aliphatic rings. The van der Waals surface area contributed by atoms with E-state index in [9.17, 15) is 9.90 Å². The van der Waals surface area contributed by atoms with E-state index in [4.69, 9.17) is 0 Å². The number of aliphatic hydroxyl groups excluding tert-OH is 1. The lowest BCUT2D eigenvalue weighted by molar-refractivity contribution is 0.0870. The van der Waals surface area contributed by atoms with Gasteiger partial charge < -0.3 is 15.0 Å². The van der Waals surface area contributed by atoms with Crippen molar-refractivity contribution in [1.82, 2.24) is 24.8 Å². The Labute approximate surface area is 141 Å². The highest BCUT2D eigenvalue weighted by atomic mass is 16.3. The fraction of sp³-hybridized carbons (Fsp3) is 0.529. The van der Waals surface area contributed by atoms with Crippen molar-refractivity contribution < 1.29 is 9.90 Å². The predicted molar refractivity (Wildman–Crippen MR) is 88.5 cm³/mol. The molecule has 2 aromatic heterocycles. The summed E-state index contributed by atoms with van der Waals surface area (Å²) in [6, 6.07) is -0.244. The summed E-state index contributed by atoms with van der Waals surface area (Å²) >= 11 is 0. The maximum absolute atomic E-state index is 12.6. The van der Waals surface area contributed by atoms with Crippen LogP contribution in [-0.4, -0.2) is 42.7 Å². The van der Waals surface area contributed by atoms with E-state index in [2.05, 4.69) is 20.3 Å². The van der Waals surface area contributed by atoms with Crippen molar-refractivity contribution in [2.45, 2.75) is 52.3 Å². The summed E-state index contributed by atoms with van der Waals surface area (Å²) in [7, 11) is 0. The first-order valence-corrected chi connectivity index (χ1v) is 8.20. The number of carbonyl (C=O) groups excluding carboxylic acids is 1. The highest BCUT2D eigenvalue weighted by molar-refractivity contribution is 5.96. The van der Waals surface area contributed by atoms with Crippen LogP contribution in [0.15, 0.2) is 18.7 Å². The zero-order chi connectivity index (χ0) is 17.3. The van der Waals surface area contributed by atoms with Crippen molar-refractivity contribution in [3.63, 3.8) is 0 Å². The number of amides is 1. The van der Waals surface area contributed by atoms with Gasteiger partial charge in [0.05, 0.1) is 35.4 Å². The van der Waals surface area contributed by atoms with E-state index < -0.39 is 6.10 Å². The molecule has 3 rings (SSSR count). The lowest BCUT2D eigenvalue weighted by atomic mass is 10.1. The van der Waals surface area contributed by atoms with Crippen LogP contribution in [0.25, 0.3) is 0 Å². The number of aromatic nitrogens is 4. The summed E-state index contributed by atoms with van der Waals surface area (Å²) in [6.45, 7) is 6.23. The topological polar surface area (TPSA) is 92.9 Å². The van der Waals surface area contributed by atoms with Crippen molar-refractivity contribution >= 4 is 5.91 Å². The Morgan fingerprint density at radius 3 is 2.62 bits per heavy atom. The van der Waals surface area contributed by atoms with Crippen molar-refractivity contribution in [3.8, 4) is 0 Å². The Morgan fingerprint density at radius 1 is 1.29 bits per heavy atom. The minimum absolute atomic E-state index is 0.211. The van der Waals surface area contributed by atoms with Crippen LogP contribution in [0.4, 0.5) is 0 Å². The molecular formula is C17H23N5O2. The minimum atomic E-state index is -0.533. The third-order valence-electron chi connectivity index (χ3n) is 4.58. The second-order valence-corrected chi connectivity index (χ2v) is 6.56. The number of hydrogen-bond donors (Lipinski definition) is 2. The number of carbonyl (C=O) groups is 1. The van der Waals surface area contributed by atoms with Gasteiger partial charge in [-0.05, 0) is 39.5 Å². The molecule has 1 fully saturated rings. The Bertz CT molecular complexity index is 706. The van der Waals surface area contributed by atoms with Crippen LogP contribution in [-0.2, 0) is 6.54 Å². The van der Waals surface area contributed by atoms with Crippen LogP contribution in [0.1, 0.15) is 40.4 Å². The van der Waals surface area contributed by atoms with E-state index in [1.54, 1.807) is 12.5 Å². The maximum atomic E-state index is 12.6. The maximum Gasteiger partial charge on any atom is 0.255 e. The SMILES string of the molecule is Cc1nc(C)c(C(=O)N[C@@H]2CC(Cn3ccnc3)C[C@H]2O)c(C)n1. The first-order chi connectivity index (χ1) is 11.4. The molecule has 1 aliphatic carbocycles. The molecule has 7 nitrogen and oxygen atoms in total. The molecule has 128 valence electrons. The summed E-state index contributed by atoms with van der Waals surface area (Å²) in [5.74, 6) is 0.760. The zero-order valence-electron chi connectivity index (χ0n) is 14.2. The molecule has 0 bridgehead atoms.